The van der Waals surface area contributed by atoms with Crippen LogP contribution >= 0.6 is 23.4 Å². The first kappa shape index (κ1) is 18.7. The number of carbonyl (C=O) groups is 2. The zero-order valence-corrected chi connectivity index (χ0v) is 15.6. The largest absolute Gasteiger partial charge is 0.480 e. The zero-order chi connectivity index (χ0) is 18.5. The molecule has 0 spiro atoms. The fourth-order valence-corrected chi connectivity index (χ4v) is 3.66. The molecule has 0 saturated carbocycles. The SMILES string of the molecule is O=C(O)CNC(=O)CSc1nc2c(c(-c3ccc(Cl)cc3)n1)CCCC2. The Bertz CT molecular complexity index is 827. The number of thioether (sulfide) groups is 1. The number of aliphatic carboxylic acids is 1. The molecule has 0 fully saturated rings. The number of nitrogens with one attached hydrogen (secondary N) is 1. The smallest absolute Gasteiger partial charge is 0.322 e. The third-order valence-corrected chi connectivity index (χ3v) is 5.15. The molecule has 1 amide bonds. The standard InChI is InChI=1S/C18H18ClN3O3S/c19-12-7-5-11(6-8-12)17-13-3-1-2-4-14(13)21-18(22-17)26-10-15(23)20-9-16(24)25/h5-8H,1-4,9-10H2,(H,20,23)(H,24,25). The highest BCUT2D eigenvalue weighted by Crippen LogP contribution is 2.31. The van der Waals surface area contributed by atoms with Crippen molar-refractivity contribution < 1.29 is 14.7 Å². The molecule has 0 atom stereocenters. The predicted octanol–water partition coefficient (Wildman–Crippen LogP) is 2.97. The van der Waals surface area contributed by atoms with Crippen LogP contribution in [0, 0.1) is 0 Å². The third-order valence-electron chi connectivity index (χ3n) is 4.05. The van der Waals surface area contributed by atoms with Gasteiger partial charge in [-0.1, -0.05) is 35.5 Å². The van der Waals surface area contributed by atoms with E-state index in [9.17, 15) is 9.59 Å². The summed E-state index contributed by atoms with van der Waals surface area (Å²) in [5.74, 6) is -1.35. The van der Waals surface area contributed by atoms with Gasteiger partial charge < -0.3 is 10.4 Å². The maximum absolute atomic E-state index is 11.7. The van der Waals surface area contributed by atoms with E-state index in [1.165, 1.54) is 17.3 Å². The molecule has 0 aliphatic heterocycles. The molecule has 6 nitrogen and oxygen atoms in total. The molecule has 26 heavy (non-hydrogen) atoms. The number of halogens is 1. The van der Waals surface area contributed by atoms with Gasteiger partial charge in [0, 0.05) is 21.8 Å². The summed E-state index contributed by atoms with van der Waals surface area (Å²) in [6, 6.07) is 7.54. The van der Waals surface area contributed by atoms with E-state index in [4.69, 9.17) is 16.7 Å². The van der Waals surface area contributed by atoms with E-state index < -0.39 is 5.97 Å². The second-order valence-corrected chi connectivity index (χ2v) is 7.33. The lowest BCUT2D eigenvalue weighted by atomic mass is 9.92. The summed E-state index contributed by atoms with van der Waals surface area (Å²) in [6.07, 6.45) is 4.04. The number of carboxylic acid groups (broad SMARTS) is 1. The number of benzene rings is 1. The number of amides is 1. The Hall–Kier alpha value is -2.12. The predicted molar refractivity (Wildman–Crippen MR) is 100 cm³/mol. The number of rotatable bonds is 6. The Morgan fingerprint density at radius 3 is 2.62 bits per heavy atom. The Morgan fingerprint density at radius 1 is 1.15 bits per heavy atom. The molecular weight excluding hydrogens is 374 g/mol. The molecule has 2 aromatic rings. The van der Waals surface area contributed by atoms with Gasteiger partial charge in [-0.3, -0.25) is 9.59 Å². The van der Waals surface area contributed by atoms with Crippen LogP contribution in [-0.4, -0.2) is 39.2 Å². The van der Waals surface area contributed by atoms with Crippen molar-refractivity contribution in [1.82, 2.24) is 15.3 Å². The highest BCUT2D eigenvalue weighted by molar-refractivity contribution is 7.99. The van der Waals surface area contributed by atoms with Gasteiger partial charge in [-0.2, -0.15) is 0 Å². The van der Waals surface area contributed by atoms with E-state index in [1.54, 1.807) is 0 Å². The van der Waals surface area contributed by atoms with Gasteiger partial charge in [0.05, 0.1) is 11.4 Å². The number of fused-ring (bicyclic) bond motifs is 1. The molecule has 0 unspecified atom stereocenters. The molecule has 0 radical (unpaired) electrons. The highest BCUT2D eigenvalue weighted by atomic mass is 35.5. The summed E-state index contributed by atoms with van der Waals surface area (Å²) in [5, 5.41) is 12.1. The van der Waals surface area contributed by atoms with Gasteiger partial charge in [0.15, 0.2) is 5.16 Å². The van der Waals surface area contributed by atoms with Crippen LogP contribution in [0.4, 0.5) is 0 Å². The lowest BCUT2D eigenvalue weighted by Gasteiger charge is -2.19. The van der Waals surface area contributed by atoms with Crippen molar-refractivity contribution in [3.05, 3.63) is 40.5 Å². The van der Waals surface area contributed by atoms with Gasteiger partial charge in [-0.05, 0) is 37.8 Å². The molecule has 1 aromatic carbocycles. The molecular formula is C18H18ClN3O3S. The minimum Gasteiger partial charge on any atom is -0.480 e. The molecule has 2 N–H and O–H groups in total. The van der Waals surface area contributed by atoms with Gasteiger partial charge >= 0.3 is 5.97 Å². The first-order chi connectivity index (χ1) is 12.5. The van der Waals surface area contributed by atoms with Crippen LogP contribution in [-0.2, 0) is 22.4 Å². The first-order valence-electron chi connectivity index (χ1n) is 8.30. The number of nitrogens with zero attached hydrogens (tertiary/aromatic N) is 2. The number of aryl methyl sites for hydroxylation is 1. The van der Waals surface area contributed by atoms with Crippen molar-refractivity contribution in [3.8, 4) is 11.3 Å². The first-order valence-corrected chi connectivity index (χ1v) is 9.66. The van der Waals surface area contributed by atoms with Crippen molar-refractivity contribution in [1.29, 1.82) is 0 Å². The number of hydrogen-bond acceptors (Lipinski definition) is 5. The van der Waals surface area contributed by atoms with Crippen LogP contribution < -0.4 is 5.32 Å². The van der Waals surface area contributed by atoms with Crippen molar-refractivity contribution in [2.75, 3.05) is 12.3 Å². The van der Waals surface area contributed by atoms with E-state index in [0.29, 0.717) is 10.2 Å². The Labute approximate surface area is 160 Å². The van der Waals surface area contributed by atoms with Crippen LogP contribution in [0.1, 0.15) is 24.1 Å². The van der Waals surface area contributed by atoms with Crippen LogP contribution in [0.5, 0.6) is 0 Å². The average molecular weight is 392 g/mol. The average Bonchev–Trinajstić information content (AvgIpc) is 2.64. The summed E-state index contributed by atoms with van der Waals surface area (Å²) in [6.45, 7) is -0.388. The van der Waals surface area contributed by atoms with Crippen LogP contribution in [0.3, 0.4) is 0 Å². The summed E-state index contributed by atoms with van der Waals surface area (Å²) < 4.78 is 0. The van der Waals surface area contributed by atoms with Crippen LogP contribution in [0.2, 0.25) is 5.02 Å². The zero-order valence-electron chi connectivity index (χ0n) is 14.0. The van der Waals surface area contributed by atoms with Crippen LogP contribution in [0.25, 0.3) is 11.3 Å². The summed E-state index contributed by atoms with van der Waals surface area (Å²) >= 11 is 7.20. The minimum absolute atomic E-state index is 0.0755. The van der Waals surface area contributed by atoms with Gasteiger partial charge in [-0.15, -0.1) is 0 Å². The van der Waals surface area contributed by atoms with Crippen molar-refractivity contribution in [2.24, 2.45) is 0 Å². The van der Waals surface area contributed by atoms with E-state index in [-0.39, 0.29) is 18.2 Å². The summed E-state index contributed by atoms with van der Waals surface area (Å²) in [4.78, 5) is 31.5. The Morgan fingerprint density at radius 2 is 1.88 bits per heavy atom. The van der Waals surface area contributed by atoms with Gasteiger partial charge in [0.25, 0.3) is 0 Å². The molecule has 1 aliphatic carbocycles. The van der Waals surface area contributed by atoms with E-state index in [0.717, 1.165) is 42.6 Å². The molecule has 8 heteroatoms. The molecule has 1 aromatic heterocycles. The fourth-order valence-electron chi connectivity index (χ4n) is 2.84. The van der Waals surface area contributed by atoms with Crippen molar-refractivity contribution in [3.63, 3.8) is 0 Å². The summed E-state index contributed by atoms with van der Waals surface area (Å²) in [5.41, 5.74) is 4.06. The number of hydrogen-bond donors (Lipinski definition) is 2. The summed E-state index contributed by atoms with van der Waals surface area (Å²) in [7, 11) is 0. The van der Waals surface area contributed by atoms with Crippen molar-refractivity contribution in [2.45, 2.75) is 30.8 Å². The maximum Gasteiger partial charge on any atom is 0.322 e. The van der Waals surface area contributed by atoms with E-state index in [2.05, 4.69) is 15.3 Å². The Balaban J connectivity index is 1.82. The minimum atomic E-state index is -1.07. The fraction of sp³-hybridized carbons (Fsp3) is 0.333. The van der Waals surface area contributed by atoms with E-state index >= 15 is 0 Å². The number of aromatic nitrogens is 2. The molecule has 0 bridgehead atoms. The molecule has 1 heterocycles. The monoisotopic (exact) mass is 391 g/mol. The molecule has 1 aliphatic rings. The molecule has 3 rings (SSSR count). The van der Waals surface area contributed by atoms with Crippen LogP contribution in [0.15, 0.2) is 29.4 Å². The molecule has 0 saturated heterocycles. The topological polar surface area (TPSA) is 92.2 Å². The second kappa shape index (κ2) is 8.51. The number of carbonyl (C=O) groups excluding carboxylic acids is 1. The second-order valence-electron chi connectivity index (χ2n) is 5.95. The van der Waals surface area contributed by atoms with Gasteiger partial charge in [0.1, 0.15) is 6.54 Å². The van der Waals surface area contributed by atoms with Gasteiger partial charge in [-0.25, -0.2) is 9.97 Å². The lowest BCUT2D eigenvalue weighted by Crippen LogP contribution is -2.30. The molecule has 136 valence electrons. The quantitative estimate of drug-likeness (QED) is 0.581. The third kappa shape index (κ3) is 4.74. The van der Waals surface area contributed by atoms with E-state index in [1.807, 2.05) is 24.3 Å². The van der Waals surface area contributed by atoms with Gasteiger partial charge in [0.2, 0.25) is 5.91 Å². The number of carboxylic acids is 1. The normalized spacial score (nSPS) is 13.1. The van der Waals surface area contributed by atoms with Crippen molar-refractivity contribution >= 4 is 35.2 Å². The highest BCUT2D eigenvalue weighted by Gasteiger charge is 2.19. The maximum atomic E-state index is 11.7. The lowest BCUT2D eigenvalue weighted by molar-refractivity contribution is -0.137. The Kier molecular flexibility index (Phi) is 6.11.